The SMILES string of the molecule is CCCC(O)(C(=O)O)C1CCC(C)C(C)C1. The van der Waals surface area contributed by atoms with Crippen molar-refractivity contribution in [2.45, 2.75) is 58.5 Å². The zero-order chi connectivity index (χ0) is 12.3. The Morgan fingerprint density at radius 1 is 1.31 bits per heavy atom. The zero-order valence-electron chi connectivity index (χ0n) is 10.6. The van der Waals surface area contributed by atoms with E-state index in [1.807, 2.05) is 6.92 Å². The molecule has 0 aromatic carbocycles. The highest BCUT2D eigenvalue weighted by Gasteiger charge is 2.45. The highest BCUT2D eigenvalue weighted by atomic mass is 16.4. The van der Waals surface area contributed by atoms with Crippen molar-refractivity contribution in [1.82, 2.24) is 0 Å². The van der Waals surface area contributed by atoms with Crippen molar-refractivity contribution in [2.75, 3.05) is 0 Å². The molecule has 94 valence electrons. The van der Waals surface area contributed by atoms with Gasteiger partial charge in [-0.2, -0.15) is 0 Å². The molecule has 0 heterocycles. The third kappa shape index (κ3) is 2.57. The molecule has 1 aliphatic carbocycles. The van der Waals surface area contributed by atoms with Crippen LogP contribution in [0, 0.1) is 17.8 Å². The second-order valence-electron chi connectivity index (χ2n) is 5.44. The Kier molecular flexibility index (Phi) is 4.36. The summed E-state index contributed by atoms with van der Waals surface area (Å²) in [4.78, 5) is 11.2. The van der Waals surface area contributed by atoms with Crippen molar-refractivity contribution in [1.29, 1.82) is 0 Å². The molecule has 0 aromatic rings. The fraction of sp³-hybridized carbons (Fsp3) is 0.923. The van der Waals surface area contributed by atoms with Crippen LogP contribution in [0.15, 0.2) is 0 Å². The average molecular weight is 228 g/mol. The molecular formula is C13H24O3. The van der Waals surface area contributed by atoms with Crippen molar-refractivity contribution in [3.63, 3.8) is 0 Å². The molecule has 0 spiro atoms. The van der Waals surface area contributed by atoms with Gasteiger partial charge in [-0.1, -0.05) is 33.6 Å². The topological polar surface area (TPSA) is 57.5 Å². The number of carbonyl (C=O) groups is 1. The number of hydrogen-bond donors (Lipinski definition) is 2. The van der Waals surface area contributed by atoms with Gasteiger partial charge in [0.25, 0.3) is 0 Å². The number of carboxylic acid groups (broad SMARTS) is 1. The van der Waals surface area contributed by atoms with Gasteiger partial charge in [0.2, 0.25) is 0 Å². The first-order valence-corrected chi connectivity index (χ1v) is 6.37. The van der Waals surface area contributed by atoms with Crippen molar-refractivity contribution < 1.29 is 15.0 Å². The van der Waals surface area contributed by atoms with Crippen LogP contribution in [0.4, 0.5) is 0 Å². The summed E-state index contributed by atoms with van der Waals surface area (Å²) in [6.07, 6.45) is 3.79. The highest BCUT2D eigenvalue weighted by Crippen LogP contribution is 2.40. The molecule has 1 rings (SSSR count). The molecule has 0 aromatic heterocycles. The fourth-order valence-corrected chi connectivity index (χ4v) is 2.85. The number of aliphatic hydroxyl groups is 1. The number of rotatable bonds is 4. The van der Waals surface area contributed by atoms with Crippen LogP contribution in [0.2, 0.25) is 0 Å². The number of carboxylic acids is 1. The first-order valence-electron chi connectivity index (χ1n) is 6.37. The van der Waals surface area contributed by atoms with Crippen LogP contribution >= 0.6 is 0 Å². The van der Waals surface area contributed by atoms with Crippen LogP contribution in [0.1, 0.15) is 52.9 Å². The van der Waals surface area contributed by atoms with Crippen LogP contribution in [0.5, 0.6) is 0 Å². The summed E-state index contributed by atoms with van der Waals surface area (Å²) in [5.41, 5.74) is -1.50. The molecule has 0 amide bonds. The lowest BCUT2D eigenvalue weighted by molar-refractivity contribution is -0.169. The summed E-state index contributed by atoms with van der Waals surface area (Å²) in [7, 11) is 0. The Labute approximate surface area is 97.9 Å². The molecule has 1 saturated carbocycles. The first kappa shape index (κ1) is 13.5. The molecule has 0 bridgehead atoms. The maximum Gasteiger partial charge on any atom is 0.335 e. The Morgan fingerprint density at radius 2 is 1.94 bits per heavy atom. The zero-order valence-corrected chi connectivity index (χ0v) is 10.6. The minimum absolute atomic E-state index is 0.0730. The highest BCUT2D eigenvalue weighted by molar-refractivity contribution is 5.77. The van der Waals surface area contributed by atoms with Gasteiger partial charge in [-0.15, -0.1) is 0 Å². The lowest BCUT2D eigenvalue weighted by Gasteiger charge is -2.39. The minimum Gasteiger partial charge on any atom is -0.479 e. The van der Waals surface area contributed by atoms with E-state index in [4.69, 9.17) is 0 Å². The maximum atomic E-state index is 11.2. The summed E-state index contributed by atoms with van der Waals surface area (Å²) in [6.45, 7) is 6.29. The second kappa shape index (κ2) is 5.17. The number of hydrogen-bond acceptors (Lipinski definition) is 2. The third-order valence-corrected chi connectivity index (χ3v) is 4.28. The van der Waals surface area contributed by atoms with Gasteiger partial charge in [-0.25, -0.2) is 4.79 Å². The molecule has 4 atom stereocenters. The summed E-state index contributed by atoms with van der Waals surface area (Å²) in [6, 6.07) is 0. The Balaban J connectivity index is 2.76. The van der Waals surface area contributed by atoms with Crippen LogP contribution in [0.25, 0.3) is 0 Å². The van der Waals surface area contributed by atoms with Crippen LogP contribution in [0.3, 0.4) is 0 Å². The molecule has 0 saturated heterocycles. The van der Waals surface area contributed by atoms with E-state index in [0.29, 0.717) is 24.7 Å². The Hall–Kier alpha value is -0.570. The minimum atomic E-state index is -1.50. The van der Waals surface area contributed by atoms with Gasteiger partial charge in [-0.3, -0.25) is 0 Å². The molecule has 1 fully saturated rings. The van der Waals surface area contributed by atoms with E-state index in [1.54, 1.807) is 0 Å². The average Bonchev–Trinajstić information content (AvgIpc) is 2.22. The van der Waals surface area contributed by atoms with Crippen molar-refractivity contribution in [3.8, 4) is 0 Å². The first-order chi connectivity index (χ1) is 7.41. The van der Waals surface area contributed by atoms with Crippen LogP contribution < -0.4 is 0 Å². The van der Waals surface area contributed by atoms with Crippen LogP contribution in [-0.4, -0.2) is 21.8 Å². The Morgan fingerprint density at radius 3 is 2.38 bits per heavy atom. The monoisotopic (exact) mass is 228 g/mol. The van der Waals surface area contributed by atoms with Gasteiger partial charge in [0.15, 0.2) is 5.60 Å². The molecule has 3 heteroatoms. The molecule has 4 unspecified atom stereocenters. The predicted octanol–water partition coefficient (Wildman–Crippen LogP) is 2.67. The molecule has 0 radical (unpaired) electrons. The van der Waals surface area contributed by atoms with Gasteiger partial charge in [-0.05, 0) is 37.0 Å². The van der Waals surface area contributed by atoms with E-state index >= 15 is 0 Å². The second-order valence-corrected chi connectivity index (χ2v) is 5.44. The molecule has 2 N–H and O–H groups in total. The van der Waals surface area contributed by atoms with E-state index in [9.17, 15) is 15.0 Å². The van der Waals surface area contributed by atoms with Gasteiger partial charge in [0, 0.05) is 0 Å². The maximum absolute atomic E-state index is 11.2. The van der Waals surface area contributed by atoms with Crippen molar-refractivity contribution >= 4 is 5.97 Å². The molecule has 0 aliphatic heterocycles. The summed E-state index contributed by atoms with van der Waals surface area (Å²) >= 11 is 0. The van der Waals surface area contributed by atoms with Gasteiger partial charge < -0.3 is 10.2 Å². The third-order valence-electron chi connectivity index (χ3n) is 4.28. The van der Waals surface area contributed by atoms with E-state index in [2.05, 4.69) is 13.8 Å². The normalized spacial score (nSPS) is 34.4. The molecular weight excluding hydrogens is 204 g/mol. The summed E-state index contributed by atoms with van der Waals surface area (Å²) < 4.78 is 0. The fourth-order valence-electron chi connectivity index (χ4n) is 2.85. The molecule has 1 aliphatic rings. The van der Waals surface area contributed by atoms with Gasteiger partial charge >= 0.3 is 5.97 Å². The van der Waals surface area contributed by atoms with E-state index < -0.39 is 11.6 Å². The quantitative estimate of drug-likeness (QED) is 0.777. The standard InChI is InChI=1S/C13H24O3/c1-4-7-13(16,12(14)15)11-6-5-9(2)10(3)8-11/h9-11,16H,4-8H2,1-3H3,(H,14,15). The number of aliphatic carboxylic acids is 1. The van der Waals surface area contributed by atoms with Gasteiger partial charge in [0.05, 0.1) is 0 Å². The van der Waals surface area contributed by atoms with Gasteiger partial charge in [0.1, 0.15) is 0 Å². The van der Waals surface area contributed by atoms with Crippen LogP contribution in [-0.2, 0) is 4.79 Å². The van der Waals surface area contributed by atoms with Crippen molar-refractivity contribution in [3.05, 3.63) is 0 Å². The lowest BCUT2D eigenvalue weighted by Crippen LogP contribution is -2.48. The van der Waals surface area contributed by atoms with E-state index in [0.717, 1.165) is 19.3 Å². The Bertz CT molecular complexity index is 252. The smallest absolute Gasteiger partial charge is 0.335 e. The largest absolute Gasteiger partial charge is 0.479 e. The lowest BCUT2D eigenvalue weighted by atomic mass is 9.68. The summed E-state index contributed by atoms with van der Waals surface area (Å²) in [5, 5.41) is 19.5. The predicted molar refractivity (Wildman–Crippen MR) is 63.2 cm³/mol. The molecule has 3 nitrogen and oxygen atoms in total. The van der Waals surface area contributed by atoms with E-state index in [-0.39, 0.29) is 5.92 Å². The van der Waals surface area contributed by atoms with E-state index in [1.165, 1.54) is 0 Å². The van der Waals surface area contributed by atoms with Crippen molar-refractivity contribution in [2.24, 2.45) is 17.8 Å². The molecule has 16 heavy (non-hydrogen) atoms. The summed E-state index contributed by atoms with van der Waals surface area (Å²) in [5.74, 6) is 0.0506.